The van der Waals surface area contributed by atoms with Crippen LogP contribution in [0.3, 0.4) is 0 Å². The molecule has 0 radical (unpaired) electrons. The number of carbonyl (C=O) groups excluding carboxylic acids is 1. The SMILES string of the molecule is Cc1cc(O)cc(CNCCNC(=O)OC(C)(C)C)c1. The molecule has 0 unspecified atom stereocenters. The smallest absolute Gasteiger partial charge is 0.407 e. The quantitative estimate of drug-likeness (QED) is 0.724. The summed E-state index contributed by atoms with van der Waals surface area (Å²) < 4.78 is 5.12. The summed E-state index contributed by atoms with van der Waals surface area (Å²) in [6.45, 7) is 9.19. The fourth-order valence-electron chi connectivity index (χ4n) is 1.74. The van der Waals surface area contributed by atoms with Crippen LogP contribution >= 0.6 is 0 Å². The maximum Gasteiger partial charge on any atom is 0.407 e. The van der Waals surface area contributed by atoms with Crippen LogP contribution in [-0.2, 0) is 11.3 Å². The van der Waals surface area contributed by atoms with Crippen molar-refractivity contribution < 1.29 is 14.6 Å². The first-order valence-electron chi connectivity index (χ1n) is 6.73. The third-order valence-electron chi connectivity index (χ3n) is 2.42. The van der Waals surface area contributed by atoms with E-state index in [1.165, 1.54) is 0 Å². The first kappa shape index (κ1) is 16.3. The van der Waals surface area contributed by atoms with Crippen LogP contribution in [0.15, 0.2) is 18.2 Å². The lowest BCUT2D eigenvalue weighted by atomic mass is 10.1. The van der Waals surface area contributed by atoms with Crippen molar-refractivity contribution in [2.75, 3.05) is 13.1 Å². The van der Waals surface area contributed by atoms with Crippen molar-refractivity contribution >= 4 is 6.09 Å². The zero-order valence-electron chi connectivity index (χ0n) is 12.6. The minimum Gasteiger partial charge on any atom is -0.508 e. The van der Waals surface area contributed by atoms with Crippen LogP contribution in [0.25, 0.3) is 0 Å². The summed E-state index contributed by atoms with van der Waals surface area (Å²) in [5.41, 5.74) is 1.56. The molecule has 0 saturated carbocycles. The molecular formula is C15H24N2O3. The number of hydrogen-bond acceptors (Lipinski definition) is 4. The number of amides is 1. The number of phenols is 1. The molecule has 0 aliphatic heterocycles. The van der Waals surface area contributed by atoms with Crippen LogP contribution in [0.2, 0.25) is 0 Å². The Balaban J connectivity index is 2.20. The number of aryl methyl sites for hydroxylation is 1. The van der Waals surface area contributed by atoms with E-state index < -0.39 is 11.7 Å². The Kier molecular flexibility index (Phi) is 5.82. The molecule has 0 spiro atoms. The van der Waals surface area contributed by atoms with E-state index in [0.717, 1.165) is 11.1 Å². The molecule has 112 valence electrons. The molecule has 1 amide bonds. The number of alkyl carbamates (subject to hydrolysis) is 1. The highest BCUT2D eigenvalue weighted by molar-refractivity contribution is 5.67. The molecule has 0 fully saturated rings. The number of carbonyl (C=O) groups is 1. The summed E-state index contributed by atoms with van der Waals surface area (Å²) in [4.78, 5) is 11.4. The van der Waals surface area contributed by atoms with Gasteiger partial charge in [-0.05, 0) is 51.0 Å². The average molecular weight is 280 g/mol. The Morgan fingerprint density at radius 1 is 1.25 bits per heavy atom. The fraction of sp³-hybridized carbons (Fsp3) is 0.533. The Hall–Kier alpha value is -1.75. The van der Waals surface area contributed by atoms with Gasteiger partial charge in [-0.1, -0.05) is 6.07 Å². The summed E-state index contributed by atoms with van der Waals surface area (Å²) >= 11 is 0. The fourth-order valence-corrected chi connectivity index (χ4v) is 1.74. The van der Waals surface area contributed by atoms with Gasteiger partial charge in [0.2, 0.25) is 0 Å². The van der Waals surface area contributed by atoms with Crippen LogP contribution in [0, 0.1) is 6.92 Å². The van der Waals surface area contributed by atoms with E-state index >= 15 is 0 Å². The van der Waals surface area contributed by atoms with E-state index in [2.05, 4.69) is 10.6 Å². The summed E-state index contributed by atoms with van der Waals surface area (Å²) in [6, 6.07) is 5.45. The van der Waals surface area contributed by atoms with Crippen molar-refractivity contribution in [3.05, 3.63) is 29.3 Å². The summed E-state index contributed by atoms with van der Waals surface area (Å²) in [7, 11) is 0. The van der Waals surface area contributed by atoms with Crippen molar-refractivity contribution in [3.63, 3.8) is 0 Å². The standard InChI is InChI=1S/C15H24N2O3/c1-11-7-12(9-13(18)8-11)10-16-5-6-17-14(19)20-15(2,3)4/h7-9,16,18H,5-6,10H2,1-4H3,(H,17,19). The van der Waals surface area contributed by atoms with Crippen molar-refractivity contribution in [1.29, 1.82) is 0 Å². The van der Waals surface area contributed by atoms with Crippen LogP contribution in [0.1, 0.15) is 31.9 Å². The minimum absolute atomic E-state index is 0.272. The summed E-state index contributed by atoms with van der Waals surface area (Å²) in [6.07, 6.45) is -0.410. The van der Waals surface area contributed by atoms with Gasteiger partial charge in [-0.2, -0.15) is 0 Å². The highest BCUT2D eigenvalue weighted by atomic mass is 16.6. The van der Waals surface area contributed by atoms with Crippen LogP contribution < -0.4 is 10.6 Å². The second kappa shape index (κ2) is 7.14. The molecule has 5 nitrogen and oxygen atoms in total. The summed E-state index contributed by atoms with van der Waals surface area (Å²) in [5.74, 6) is 0.272. The Bertz CT molecular complexity index is 433. The molecule has 0 bridgehead atoms. The maximum atomic E-state index is 11.4. The number of aromatic hydroxyl groups is 1. The van der Waals surface area contributed by atoms with E-state index in [4.69, 9.17) is 4.74 Å². The van der Waals surface area contributed by atoms with Gasteiger partial charge in [-0.25, -0.2) is 4.79 Å². The predicted octanol–water partition coefficient (Wildman–Crippen LogP) is 2.31. The predicted molar refractivity (Wildman–Crippen MR) is 78.8 cm³/mol. The van der Waals surface area contributed by atoms with Gasteiger partial charge in [0.05, 0.1) is 0 Å². The molecule has 0 aromatic heterocycles. The van der Waals surface area contributed by atoms with Gasteiger partial charge in [0.25, 0.3) is 0 Å². The molecular weight excluding hydrogens is 256 g/mol. The zero-order chi connectivity index (χ0) is 15.2. The molecule has 0 atom stereocenters. The first-order chi connectivity index (χ1) is 9.26. The molecule has 20 heavy (non-hydrogen) atoms. The van der Waals surface area contributed by atoms with E-state index in [-0.39, 0.29) is 5.75 Å². The largest absolute Gasteiger partial charge is 0.508 e. The van der Waals surface area contributed by atoms with E-state index in [1.807, 2.05) is 33.8 Å². The van der Waals surface area contributed by atoms with Gasteiger partial charge in [-0.3, -0.25) is 0 Å². The van der Waals surface area contributed by atoms with Crippen LogP contribution in [-0.4, -0.2) is 29.9 Å². The number of hydrogen-bond donors (Lipinski definition) is 3. The second-order valence-electron chi connectivity index (χ2n) is 5.78. The monoisotopic (exact) mass is 280 g/mol. The van der Waals surface area contributed by atoms with Gasteiger partial charge in [0.1, 0.15) is 11.4 Å². The molecule has 0 saturated heterocycles. The Labute approximate surface area is 120 Å². The van der Waals surface area contributed by atoms with Gasteiger partial charge < -0.3 is 20.5 Å². The van der Waals surface area contributed by atoms with Crippen molar-refractivity contribution in [3.8, 4) is 5.75 Å². The van der Waals surface area contributed by atoms with Gasteiger partial charge in [0.15, 0.2) is 0 Å². The van der Waals surface area contributed by atoms with E-state index in [0.29, 0.717) is 19.6 Å². The van der Waals surface area contributed by atoms with Crippen LogP contribution in [0.4, 0.5) is 4.79 Å². The highest BCUT2D eigenvalue weighted by Gasteiger charge is 2.15. The number of rotatable bonds is 5. The van der Waals surface area contributed by atoms with Crippen molar-refractivity contribution in [2.45, 2.75) is 39.8 Å². The Morgan fingerprint density at radius 2 is 1.95 bits per heavy atom. The number of benzene rings is 1. The van der Waals surface area contributed by atoms with Gasteiger partial charge in [-0.15, -0.1) is 0 Å². The van der Waals surface area contributed by atoms with Gasteiger partial charge in [0, 0.05) is 19.6 Å². The molecule has 1 aromatic rings. The summed E-state index contributed by atoms with van der Waals surface area (Å²) in [5, 5.41) is 15.3. The molecule has 1 aromatic carbocycles. The molecule has 1 rings (SSSR count). The lowest BCUT2D eigenvalue weighted by Crippen LogP contribution is -2.36. The molecule has 0 heterocycles. The molecule has 0 aliphatic carbocycles. The second-order valence-corrected chi connectivity index (χ2v) is 5.78. The van der Waals surface area contributed by atoms with Gasteiger partial charge >= 0.3 is 6.09 Å². The highest BCUT2D eigenvalue weighted by Crippen LogP contribution is 2.14. The van der Waals surface area contributed by atoms with Crippen molar-refractivity contribution in [2.24, 2.45) is 0 Å². The number of nitrogens with one attached hydrogen (secondary N) is 2. The lowest BCUT2D eigenvalue weighted by Gasteiger charge is -2.19. The van der Waals surface area contributed by atoms with Crippen molar-refractivity contribution in [1.82, 2.24) is 10.6 Å². The average Bonchev–Trinajstić information content (AvgIpc) is 2.24. The third kappa shape index (κ3) is 6.99. The molecule has 5 heteroatoms. The Morgan fingerprint density at radius 3 is 2.55 bits per heavy atom. The topological polar surface area (TPSA) is 70.6 Å². The maximum absolute atomic E-state index is 11.4. The molecule has 0 aliphatic rings. The van der Waals surface area contributed by atoms with E-state index in [1.54, 1.807) is 12.1 Å². The number of ether oxygens (including phenoxy) is 1. The third-order valence-corrected chi connectivity index (χ3v) is 2.42. The molecule has 3 N–H and O–H groups in total. The van der Waals surface area contributed by atoms with E-state index in [9.17, 15) is 9.90 Å². The number of phenolic OH excluding ortho intramolecular Hbond substituents is 1. The van der Waals surface area contributed by atoms with Crippen LogP contribution in [0.5, 0.6) is 5.75 Å². The first-order valence-corrected chi connectivity index (χ1v) is 6.73. The lowest BCUT2D eigenvalue weighted by molar-refractivity contribution is 0.0528. The normalized spacial score (nSPS) is 11.2. The minimum atomic E-state index is -0.476. The zero-order valence-corrected chi connectivity index (χ0v) is 12.6.